The first-order valence-electron chi connectivity index (χ1n) is 7.93. The van der Waals surface area contributed by atoms with Crippen LogP contribution >= 0.6 is 0 Å². The summed E-state index contributed by atoms with van der Waals surface area (Å²) in [6, 6.07) is 7.90. The molecule has 0 radical (unpaired) electrons. The molecule has 0 heterocycles. The Kier molecular flexibility index (Phi) is 9.76. The van der Waals surface area contributed by atoms with Gasteiger partial charge in [-0.15, -0.1) is 0 Å². The molecule has 0 aromatic heterocycles. The second kappa shape index (κ2) is 11.6. The van der Waals surface area contributed by atoms with Gasteiger partial charge in [0.15, 0.2) is 0 Å². The molecule has 0 spiro atoms. The summed E-state index contributed by atoms with van der Waals surface area (Å²) in [4.78, 5) is 0. The molecular formula is C17H29NO2. The van der Waals surface area contributed by atoms with Crippen molar-refractivity contribution < 1.29 is 9.47 Å². The van der Waals surface area contributed by atoms with Crippen molar-refractivity contribution in [2.75, 3.05) is 26.3 Å². The largest absolute Gasteiger partial charge is 0.494 e. The molecule has 114 valence electrons. The van der Waals surface area contributed by atoms with Gasteiger partial charge < -0.3 is 14.8 Å². The van der Waals surface area contributed by atoms with Crippen molar-refractivity contribution in [3.8, 4) is 11.5 Å². The summed E-state index contributed by atoms with van der Waals surface area (Å²) in [5.41, 5.74) is 0. The van der Waals surface area contributed by atoms with Crippen molar-refractivity contribution in [3.05, 3.63) is 24.3 Å². The molecule has 1 rings (SSSR count). The van der Waals surface area contributed by atoms with Crippen molar-refractivity contribution in [3.63, 3.8) is 0 Å². The first-order valence-corrected chi connectivity index (χ1v) is 7.93. The highest BCUT2D eigenvalue weighted by molar-refractivity contribution is 5.31. The van der Waals surface area contributed by atoms with E-state index in [0.29, 0.717) is 0 Å². The van der Waals surface area contributed by atoms with E-state index in [9.17, 15) is 0 Å². The number of unbranched alkanes of at least 4 members (excludes halogenated alkanes) is 2. The topological polar surface area (TPSA) is 30.5 Å². The highest BCUT2D eigenvalue weighted by Crippen LogP contribution is 2.18. The summed E-state index contributed by atoms with van der Waals surface area (Å²) in [5.74, 6) is 1.85. The van der Waals surface area contributed by atoms with Gasteiger partial charge >= 0.3 is 0 Å². The molecule has 1 aromatic carbocycles. The number of nitrogens with one attached hydrogen (secondary N) is 1. The Morgan fingerprint density at radius 3 is 2.00 bits per heavy atom. The molecule has 0 fully saturated rings. The van der Waals surface area contributed by atoms with Crippen molar-refractivity contribution in [1.29, 1.82) is 0 Å². The van der Waals surface area contributed by atoms with Crippen molar-refractivity contribution in [2.24, 2.45) is 0 Å². The van der Waals surface area contributed by atoms with Crippen molar-refractivity contribution >= 4 is 0 Å². The third-order valence-corrected chi connectivity index (χ3v) is 2.99. The van der Waals surface area contributed by atoms with Gasteiger partial charge in [-0.05, 0) is 69.5 Å². The summed E-state index contributed by atoms with van der Waals surface area (Å²) in [5, 5.41) is 3.41. The van der Waals surface area contributed by atoms with Gasteiger partial charge in [-0.3, -0.25) is 0 Å². The van der Waals surface area contributed by atoms with E-state index in [1.54, 1.807) is 0 Å². The zero-order chi connectivity index (χ0) is 14.5. The van der Waals surface area contributed by atoms with Crippen LogP contribution in [-0.2, 0) is 0 Å². The maximum Gasteiger partial charge on any atom is 0.119 e. The minimum absolute atomic E-state index is 0.770. The first kappa shape index (κ1) is 16.8. The molecule has 0 aliphatic carbocycles. The Morgan fingerprint density at radius 2 is 1.40 bits per heavy atom. The average Bonchev–Trinajstić information content (AvgIpc) is 2.49. The molecule has 1 N–H and O–H groups in total. The summed E-state index contributed by atoms with van der Waals surface area (Å²) in [7, 11) is 0. The average molecular weight is 279 g/mol. The van der Waals surface area contributed by atoms with Gasteiger partial charge in [0, 0.05) is 0 Å². The van der Waals surface area contributed by atoms with Crippen LogP contribution in [0.5, 0.6) is 11.5 Å². The molecule has 0 amide bonds. The molecule has 0 saturated heterocycles. The Bertz CT molecular complexity index is 324. The summed E-state index contributed by atoms with van der Waals surface area (Å²) >= 11 is 0. The molecule has 20 heavy (non-hydrogen) atoms. The van der Waals surface area contributed by atoms with Gasteiger partial charge in [-0.2, -0.15) is 0 Å². The third kappa shape index (κ3) is 8.05. The fraction of sp³-hybridized carbons (Fsp3) is 0.647. The van der Waals surface area contributed by atoms with E-state index in [4.69, 9.17) is 9.47 Å². The zero-order valence-electron chi connectivity index (χ0n) is 13.0. The summed E-state index contributed by atoms with van der Waals surface area (Å²) in [6.45, 7) is 8.12. The third-order valence-electron chi connectivity index (χ3n) is 2.99. The van der Waals surface area contributed by atoms with E-state index in [2.05, 4.69) is 19.2 Å². The van der Waals surface area contributed by atoms with E-state index < -0.39 is 0 Å². The number of hydrogen-bond donors (Lipinski definition) is 1. The van der Waals surface area contributed by atoms with Crippen molar-refractivity contribution in [1.82, 2.24) is 5.32 Å². The van der Waals surface area contributed by atoms with Crippen LogP contribution in [-0.4, -0.2) is 26.3 Å². The Labute approximate surface area is 123 Å². The predicted molar refractivity (Wildman–Crippen MR) is 84.7 cm³/mol. The Balaban J connectivity index is 2.04. The summed E-state index contributed by atoms with van der Waals surface area (Å²) < 4.78 is 11.3. The molecule has 0 unspecified atom stereocenters. The van der Waals surface area contributed by atoms with Crippen LogP contribution < -0.4 is 14.8 Å². The van der Waals surface area contributed by atoms with Crippen LogP contribution in [0.15, 0.2) is 24.3 Å². The molecule has 0 saturated carbocycles. The number of ether oxygens (including phenoxy) is 2. The smallest absolute Gasteiger partial charge is 0.119 e. The van der Waals surface area contributed by atoms with E-state index >= 15 is 0 Å². The molecule has 0 aliphatic heterocycles. The lowest BCUT2D eigenvalue weighted by Crippen LogP contribution is -2.15. The van der Waals surface area contributed by atoms with Crippen LogP contribution in [0.3, 0.4) is 0 Å². The quantitative estimate of drug-likeness (QED) is 0.586. The van der Waals surface area contributed by atoms with E-state index in [-0.39, 0.29) is 0 Å². The second-order valence-corrected chi connectivity index (χ2v) is 4.98. The normalized spacial score (nSPS) is 10.5. The lowest BCUT2D eigenvalue weighted by molar-refractivity contribution is 0.300. The fourth-order valence-corrected chi connectivity index (χ4v) is 1.87. The summed E-state index contributed by atoms with van der Waals surface area (Å²) in [6.07, 6.45) is 5.80. The van der Waals surface area contributed by atoms with Crippen LogP contribution in [0.4, 0.5) is 0 Å². The maximum absolute atomic E-state index is 5.72. The predicted octanol–water partition coefficient (Wildman–Crippen LogP) is 4.02. The number of benzene rings is 1. The lowest BCUT2D eigenvalue weighted by Gasteiger charge is -2.08. The van der Waals surface area contributed by atoms with Crippen molar-refractivity contribution in [2.45, 2.75) is 46.0 Å². The minimum Gasteiger partial charge on any atom is -0.494 e. The SMILES string of the molecule is CCCNCCCCCOc1ccc(OCCC)cc1. The van der Waals surface area contributed by atoms with Gasteiger partial charge in [0.25, 0.3) is 0 Å². The fourth-order valence-electron chi connectivity index (χ4n) is 1.87. The van der Waals surface area contributed by atoms with E-state index in [1.807, 2.05) is 24.3 Å². The first-order chi connectivity index (χ1) is 9.86. The van der Waals surface area contributed by atoms with E-state index in [0.717, 1.165) is 50.6 Å². The molecule has 0 aliphatic rings. The van der Waals surface area contributed by atoms with Gasteiger partial charge in [0.2, 0.25) is 0 Å². The lowest BCUT2D eigenvalue weighted by atomic mass is 10.2. The molecule has 0 atom stereocenters. The monoisotopic (exact) mass is 279 g/mol. The van der Waals surface area contributed by atoms with Gasteiger partial charge in [-0.1, -0.05) is 13.8 Å². The highest BCUT2D eigenvalue weighted by atomic mass is 16.5. The van der Waals surface area contributed by atoms with Gasteiger partial charge in [-0.25, -0.2) is 0 Å². The molecule has 1 aromatic rings. The second-order valence-electron chi connectivity index (χ2n) is 4.98. The number of hydrogen-bond acceptors (Lipinski definition) is 3. The minimum atomic E-state index is 0.770. The van der Waals surface area contributed by atoms with Crippen LogP contribution in [0.25, 0.3) is 0 Å². The Morgan fingerprint density at radius 1 is 0.750 bits per heavy atom. The number of rotatable bonds is 12. The zero-order valence-corrected chi connectivity index (χ0v) is 13.0. The molecule has 3 heteroatoms. The van der Waals surface area contributed by atoms with Gasteiger partial charge in [0.05, 0.1) is 13.2 Å². The van der Waals surface area contributed by atoms with Crippen LogP contribution in [0.1, 0.15) is 46.0 Å². The maximum atomic E-state index is 5.72. The van der Waals surface area contributed by atoms with Crippen LogP contribution in [0.2, 0.25) is 0 Å². The molecule has 3 nitrogen and oxygen atoms in total. The molecular weight excluding hydrogens is 250 g/mol. The highest BCUT2D eigenvalue weighted by Gasteiger charge is 1.96. The Hall–Kier alpha value is -1.22. The standard InChI is InChI=1S/C17H29NO2/c1-3-12-18-13-6-5-7-15-20-17-10-8-16(9-11-17)19-14-4-2/h8-11,18H,3-7,12-15H2,1-2H3. The molecule has 0 bridgehead atoms. The van der Waals surface area contributed by atoms with Crippen LogP contribution in [0, 0.1) is 0 Å². The van der Waals surface area contributed by atoms with E-state index in [1.165, 1.54) is 19.3 Å². The van der Waals surface area contributed by atoms with Gasteiger partial charge in [0.1, 0.15) is 11.5 Å².